The molecule has 0 amide bonds. The Morgan fingerprint density at radius 2 is 1.93 bits per heavy atom. The van der Waals surface area contributed by atoms with Crippen molar-refractivity contribution in [2.45, 2.75) is 39.5 Å². The number of aromatic amines is 1. The Kier molecular flexibility index (Phi) is 5.74. The van der Waals surface area contributed by atoms with E-state index in [4.69, 9.17) is 16.6 Å². The monoisotopic (exact) mass is 395 g/mol. The van der Waals surface area contributed by atoms with E-state index in [-0.39, 0.29) is 0 Å². The quantitative estimate of drug-likeness (QED) is 0.714. The van der Waals surface area contributed by atoms with Gasteiger partial charge in [0.15, 0.2) is 0 Å². The minimum atomic E-state index is 0.589. The molecule has 28 heavy (non-hydrogen) atoms. The number of nitrogens with one attached hydrogen (secondary N) is 1. The number of likely N-dealkylation sites (N-methyl/N-ethyl adjacent to an activating group) is 1. The second kappa shape index (κ2) is 8.41. The minimum Gasteiger partial charge on any atom is -0.303 e. The summed E-state index contributed by atoms with van der Waals surface area (Å²) < 4.78 is 0. The van der Waals surface area contributed by atoms with Crippen LogP contribution in [0.2, 0.25) is 5.02 Å². The molecular weight excluding hydrogens is 370 g/mol. The lowest BCUT2D eigenvalue weighted by Crippen LogP contribution is -2.25. The van der Waals surface area contributed by atoms with Crippen molar-refractivity contribution in [1.82, 2.24) is 25.1 Å². The molecule has 0 fully saturated rings. The molecule has 0 saturated heterocycles. The van der Waals surface area contributed by atoms with E-state index in [1.807, 2.05) is 13.0 Å². The third-order valence-corrected chi connectivity index (χ3v) is 5.76. The molecule has 0 unspecified atom stereocenters. The van der Waals surface area contributed by atoms with Crippen molar-refractivity contribution in [3.8, 4) is 0 Å². The highest BCUT2D eigenvalue weighted by atomic mass is 35.5. The van der Waals surface area contributed by atoms with Gasteiger partial charge in [-0.1, -0.05) is 36.7 Å². The molecule has 146 valence electrons. The molecule has 1 aliphatic rings. The van der Waals surface area contributed by atoms with Gasteiger partial charge in [-0.3, -0.25) is 5.10 Å². The zero-order valence-corrected chi connectivity index (χ0v) is 17.3. The number of rotatable bonds is 5. The number of H-pyrrole nitrogens is 1. The fourth-order valence-electron chi connectivity index (χ4n) is 3.82. The van der Waals surface area contributed by atoms with E-state index in [0.29, 0.717) is 17.9 Å². The normalized spacial score (nSPS) is 14.7. The molecule has 0 bridgehead atoms. The molecule has 5 nitrogen and oxygen atoms in total. The summed E-state index contributed by atoms with van der Waals surface area (Å²) in [4.78, 5) is 11.7. The Morgan fingerprint density at radius 1 is 1.11 bits per heavy atom. The molecule has 6 heteroatoms. The number of nitrogens with zero attached hydrogens (tertiary/aromatic N) is 4. The van der Waals surface area contributed by atoms with E-state index in [2.05, 4.69) is 45.2 Å². The van der Waals surface area contributed by atoms with Crippen molar-refractivity contribution in [2.75, 3.05) is 19.6 Å². The van der Waals surface area contributed by atoms with Crippen LogP contribution in [0.15, 0.2) is 30.5 Å². The highest BCUT2D eigenvalue weighted by molar-refractivity contribution is 6.31. The molecule has 0 aliphatic carbocycles. The second-order valence-corrected chi connectivity index (χ2v) is 7.92. The van der Waals surface area contributed by atoms with Crippen LogP contribution in [0.25, 0.3) is 0 Å². The summed E-state index contributed by atoms with van der Waals surface area (Å²) in [6.45, 7) is 7.64. The lowest BCUT2D eigenvalue weighted by atomic mass is 9.98. The zero-order chi connectivity index (χ0) is 19.5. The van der Waals surface area contributed by atoms with Gasteiger partial charge in [-0.25, -0.2) is 9.97 Å². The molecule has 2 aromatic heterocycles. The SMILES string of the molecule is CCN1CCc2ccc(Cc3ncc(Cl)c(Cc4cc(C)[nH]n4)n3)cc2CC1. The number of hydrogen-bond acceptors (Lipinski definition) is 4. The molecular formula is C22H26ClN5. The van der Waals surface area contributed by atoms with Gasteiger partial charge in [0, 0.05) is 37.8 Å². The number of fused-ring (bicyclic) bond motifs is 1. The topological polar surface area (TPSA) is 57.7 Å². The fourth-order valence-corrected chi connectivity index (χ4v) is 3.98. The molecule has 3 aromatic rings. The smallest absolute Gasteiger partial charge is 0.133 e. The van der Waals surface area contributed by atoms with Crippen molar-refractivity contribution in [1.29, 1.82) is 0 Å². The first-order valence-corrected chi connectivity index (χ1v) is 10.3. The average Bonchev–Trinajstić information content (AvgIpc) is 2.98. The van der Waals surface area contributed by atoms with Gasteiger partial charge < -0.3 is 4.90 Å². The Morgan fingerprint density at radius 3 is 2.68 bits per heavy atom. The maximum atomic E-state index is 6.33. The maximum absolute atomic E-state index is 6.33. The average molecular weight is 396 g/mol. The number of aromatic nitrogens is 4. The molecule has 0 saturated carbocycles. The van der Waals surface area contributed by atoms with Crippen molar-refractivity contribution in [3.63, 3.8) is 0 Å². The lowest BCUT2D eigenvalue weighted by molar-refractivity contribution is 0.303. The van der Waals surface area contributed by atoms with E-state index in [1.165, 1.54) is 16.7 Å². The summed E-state index contributed by atoms with van der Waals surface area (Å²) in [5.74, 6) is 0.801. The minimum absolute atomic E-state index is 0.589. The van der Waals surface area contributed by atoms with E-state index in [1.54, 1.807) is 6.20 Å². The number of aryl methyl sites for hydroxylation is 1. The van der Waals surface area contributed by atoms with Gasteiger partial charge in [-0.15, -0.1) is 0 Å². The summed E-state index contributed by atoms with van der Waals surface area (Å²) in [5, 5.41) is 7.84. The molecule has 1 aromatic carbocycles. The summed E-state index contributed by atoms with van der Waals surface area (Å²) in [6, 6.07) is 8.86. The molecule has 0 atom stereocenters. The van der Waals surface area contributed by atoms with E-state index in [0.717, 1.165) is 55.4 Å². The van der Waals surface area contributed by atoms with Crippen LogP contribution in [0.1, 0.15) is 46.5 Å². The van der Waals surface area contributed by atoms with Gasteiger partial charge >= 0.3 is 0 Å². The summed E-state index contributed by atoms with van der Waals surface area (Å²) in [7, 11) is 0. The Hall–Kier alpha value is -2.24. The van der Waals surface area contributed by atoms with Crippen LogP contribution >= 0.6 is 11.6 Å². The molecule has 0 spiro atoms. The third-order valence-electron chi connectivity index (χ3n) is 5.45. The predicted molar refractivity (Wildman–Crippen MR) is 112 cm³/mol. The second-order valence-electron chi connectivity index (χ2n) is 7.51. The highest BCUT2D eigenvalue weighted by Gasteiger charge is 2.14. The number of halogens is 1. The maximum Gasteiger partial charge on any atom is 0.133 e. The van der Waals surface area contributed by atoms with E-state index >= 15 is 0 Å². The molecule has 0 radical (unpaired) electrons. The molecule has 4 rings (SSSR count). The molecule has 1 aliphatic heterocycles. The first kappa shape index (κ1) is 19.1. The van der Waals surface area contributed by atoms with Gasteiger partial charge in [0.05, 0.1) is 16.4 Å². The van der Waals surface area contributed by atoms with Gasteiger partial charge in [-0.05, 0) is 49.1 Å². The Balaban J connectivity index is 1.51. The van der Waals surface area contributed by atoms with Crippen LogP contribution in [-0.2, 0) is 25.7 Å². The fraction of sp³-hybridized carbons (Fsp3) is 0.409. The van der Waals surface area contributed by atoms with Gasteiger partial charge in [0.25, 0.3) is 0 Å². The summed E-state index contributed by atoms with van der Waals surface area (Å²) in [5.41, 5.74) is 7.00. The van der Waals surface area contributed by atoms with Crippen LogP contribution in [0.4, 0.5) is 0 Å². The van der Waals surface area contributed by atoms with Crippen LogP contribution < -0.4 is 0 Å². The summed E-state index contributed by atoms with van der Waals surface area (Å²) in [6.07, 6.45) is 5.28. The first-order chi connectivity index (χ1) is 13.6. The zero-order valence-electron chi connectivity index (χ0n) is 16.5. The van der Waals surface area contributed by atoms with Crippen molar-refractivity contribution >= 4 is 11.6 Å². The Labute approximate surface area is 171 Å². The van der Waals surface area contributed by atoms with Crippen LogP contribution in [0.5, 0.6) is 0 Å². The van der Waals surface area contributed by atoms with Crippen molar-refractivity contribution in [3.05, 3.63) is 75.1 Å². The number of benzene rings is 1. The predicted octanol–water partition coefficient (Wildman–Crippen LogP) is 3.76. The summed E-state index contributed by atoms with van der Waals surface area (Å²) >= 11 is 6.33. The van der Waals surface area contributed by atoms with Crippen LogP contribution in [0, 0.1) is 6.92 Å². The van der Waals surface area contributed by atoms with E-state index in [9.17, 15) is 0 Å². The van der Waals surface area contributed by atoms with Crippen molar-refractivity contribution < 1.29 is 0 Å². The lowest BCUT2D eigenvalue weighted by Gasteiger charge is -2.16. The van der Waals surface area contributed by atoms with E-state index < -0.39 is 0 Å². The van der Waals surface area contributed by atoms with Crippen molar-refractivity contribution in [2.24, 2.45) is 0 Å². The third kappa shape index (κ3) is 4.42. The molecule has 1 N–H and O–H groups in total. The highest BCUT2D eigenvalue weighted by Crippen LogP contribution is 2.21. The van der Waals surface area contributed by atoms with Crippen LogP contribution in [-0.4, -0.2) is 44.7 Å². The standard InChI is InChI=1S/C22H26ClN5/c1-3-28-8-6-17-5-4-16(11-18(17)7-9-28)12-22-24-14-20(23)21(25-22)13-19-10-15(2)26-27-19/h4-5,10-11,14H,3,6-9,12-13H2,1-2H3,(H,26,27). The van der Waals surface area contributed by atoms with Crippen LogP contribution in [0.3, 0.4) is 0 Å². The Bertz CT molecular complexity index is 965. The first-order valence-electron chi connectivity index (χ1n) is 9.95. The van der Waals surface area contributed by atoms with Gasteiger partial charge in [0.2, 0.25) is 0 Å². The number of hydrogen-bond donors (Lipinski definition) is 1. The molecule has 3 heterocycles. The van der Waals surface area contributed by atoms with Gasteiger partial charge in [0.1, 0.15) is 5.82 Å². The van der Waals surface area contributed by atoms with Gasteiger partial charge in [-0.2, -0.15) is 5.10 Å². The largest absolute Gasteiger partial charge is 0.303 e.